The second kappa shape index (κ2) is 9.51. The van der Waals surface area contributed by atoms with Gasteiger partial charge in [-0.2, -0.15) is 0 Å². The number of rotatable bonds is 8. The van der Waals surface area contributed by atoms with E-state index in [-0.39, 0.29) is 11.8 Å². The molecule has 0 bridgehead atoms. The SMILES string of the molecule is CCCCC(=O)N(C)c1c(C)nc2ccc(C(=O)Nc3ccc(OC)c(OC)c3)cn12. The monoisotopic (exact) mass is 424 g/mol. The maximum Gasteiger partial charge on any atom is 0.257 e. The summed E-state index contributed by atoms with van der Waals surface area (Å²) in [6.07, 6.45) is 3.95. The number of anilines is 2. The van der Waals surface area contributed by atoms with E-state index in [1.165, 1.54) is 0 Å². The molecule has 3 rings (SSSR count). The number of imidazole rings is 1. The number of nitrogens with one attached hydrogen (secondary N) is 1. The number of aromatic nitrogens is 2. The van der Waals surface area contributed by atoms with Crippen molar-refractivity contribution in [3.8, 4) is 11.5 Å². The maximum absolute atomic E-state index is 12.9. The summed E-state index contributed by atoms with van der Waals surface area (Å²) in [7, 11) is 4.84. The highest BCUT2D eigenvalue weighted by Crippen LogP contribution is 2.30. The zero-order valence-corrected chi connectivity index (χ0v) is 18.6. The van der Waals surface area contributed by atoms with Gasteiger partial charge in [-0.15, -0.1) is 0 Å². The molecule has 0 fully saturated rings. The molecule has 31 heavy (non-hydrogen) atoms. The summed E-state index contributed by atoms with van der Waals surface area (Å²) < 4.78 is 12.3. The molecule has 8 nitrogen and oxygen atoms in total. The summed E-state index contributed by atoms with van der Waals surface area (Å²) >= 11 is 0. The predicted octanol–water partition coefficient (Wildman–Crippen LogP) is 4.07. The number of ether oxygens (including phenoxy) is 2. The average molecular weight is 425 g/mol. The van der Waals surface area contributed by atoms with Crippen LogP contribution in [0.4, 0.5) is 11.5 Å². The van der Waals surface area contributed by atoms with E-state index >= 15 is 0 Å². The Bertz CT molecular complexity index is 1110. The number of pyridine rings is 1. The van der Waals surface area contributed by atoms with Gasteiger partial charge in [0.25, 0.3) is 5.91 Å². The van der Waals surface area contributed by atoms with Crippen LogP contribution in [0.3, 0.4) is 0 Å². The van der Waals surface area contributed by atoms with E-state index < -0.39 is 0 Å². The number of unbranched alkanes of at least 4 members (excludes halogenated alkanes) is 1. The Morgan fingerprint density at radius 3 is 2.55 bits per heavy atom. The molecule has 8 heteroatoms. The van der Waals surface area contributed by atoms with Gasteiger partial charge in [-0.3, -0.25) is 18.9 Å². The molecule has 0 saturated carbocycles. The molecule has 0 spiro atoms. The summed E-state index contributed by atoms with van der Waals surface area (Å²) in [5.41, 5.74) is 2.42. The molecule has 0 atom stereocenters. The normalized spacial score (nSPS) is 10.7. The zero-order chi connectivity index (χ0) is 22.5. The van der Waals surface area contributed by atoms with Gasteiger partial charge in [0.2, 0.25) is 5.91 Å². The van der Waals surface area contributed by atoms with Crippen LogP contribution in [-0.2, 0) is 4.79 Å². The van der Waals surface area contributed by atoms with Crippen molar-refractivity contribution in [3.63, 3.8) is 0 Å². The third-order valence-corrected chi connectivity index (χ3v) is 5.10. The van der Waals surface area contributed by atoms with Crippen LogP contribution in [-0.4, -0.2) is 42.5 Å². The van der Waals surface area contributed by atoms with Crippen molar-refractivity contribution in [2.75, 3.05) is 31.5 Å². The lowest BCUT2D eigenvalue weighted by Crippen LogP contribution is -2.27. The molecule has 2 amide bonds. The number of carbonyl (C=O) groups is 2. The zero-order valence-electron chi connectivity index (χ0n) is 18.6. The Hall–Kier alpha value is -3.55. The summed E-state index contributed by atoms with van der Waals surface area (Å²) in [6, 6.07) is 8.64. The van der Waals surface area contributed by atoms with Gasteiger partial charge in [-0.25, -0.2) is 4.98 Å². The molecule has 2 aromatic heterocycles. The Morgan fingerprint density at radius 1 is 1.13 bits per heavy atom. The second-order valence-corrected chi connectivity index (χ2v) is 7.25. The van der Waals surface area contributed by atoms with E-state index in [0.717, 1.165) is 18.5 Å². The Balaban J connectivity index is 1.89. The second-order valence-electron chi connectivity index (χ2n) is 7.25. The smallest absolute Gasteiger partial charge is 0.257 e. The molecular formula is C23H28N4O4. The number of nitrogens with zero attached hydrogens (tertiary/aromatic N) is 3. The van der Waals surface area contributed by atoms with Crippen molar-refractivity contribution in [2.45, 2.75) is 33.1 Å². The minimum Gasteiger partial charge on any atom is -0.493 e. The van der Waals surface area contributed by atoms with Gasteiger partial charge in [-0.05, 0) is 37.6 Å². The first kappa shape index (κ1) is 22.1. The minimum absolute atomic E-state index is 0.0203. The highest BCUT2D eigenvalue weighted by Gasteiger charge is 2.19. The molecule has 0 aliphatic rings. The van der Waals surface area contributed by atoms with Gasteiger partial charge in [0.15, 0.2) is 11.5 Å². The molecule has 2 heterocycles. The molecule has 0 aliphatic carbocycles. The maximum atomic E-state index is 12.9. The molecular weight excluding hydrogens is 396 g/mol. The van der Waals surface area contributed by atoms with Gasteiger partial charge in [-0.1, -0.05) is 13.3 Å². The molecule has 1 N–H and O–H groups in total. The van der Waals surface area contributed by atoms with E-state index in [0.29, 0.717) is 40.6 Å². The number of hydrogen-bond acceptors (Lipinski definition) is 5. The van der Waals surface area contributed by atoms with Crippen molar-refractivity contribution in [1.29, 1.82) is 0 Å². The van der Waals surface area contributed by atoms with Gasteiger partial charge < -0.3 is 14.8 Å². The molecule has 0 saturated heterocycles. The van der Waals surface area contributed by atoms with Gasteiger partial charge in [0, 0.05) is 31.4 Å². The number of aryl methyl sites for hydroxylation is 1. The summed E-state index contributed by atoms with van der Waals surface area (Å²) in [5, 5.41) is 2.87. The third-order valence-electron chi connectivity index (χ3n) is 5.10. The number of methoxy groups -OCH3 is 2. The number of hydrogen-bond donors (Lipinski definition) is 1. The lowest BCUT2D eigenvalue weighted by atomic mass is 10.2. The predicted molar refractivity (Wildman–Crippen MR) is 120 cm³/mol. The van der Waals surface area contributed by atoms with E-state index in [2.05, 4.69) is 17.2 Å². The molecule has 0 aliphatic heterocycles. The van der Waals surface area contributed by atoms with Crippen LogP contribution in [0, 0.1) is 6.92 Å². The first-order chi connectivity index (χ1) is 14.9. The van der Waals surface area contributed by atoms with Crippen molar-refractivity contribution in [1.82, 2.24) is 9.38 Å². The molecule has 3 aromatic rings. The molecule has 1 aromatic carbocycles. The van der Waals surface area contributed by atoms with Crippen molar-refractivity contribution < 1.29 is 19.1 Å². The number of carbonyl (C=O) groups excluding carboxylic acids is 2. The van der Waals surface area contributed by atoms with Crippen LogP contribution in [0.15, 0.2) is 36.5 Å². The van der Waals surface area contributed by atoms with Crippen LogP contribution in [0.25, 0.3) is 5.65 Å². The highest BCUT2D eigenvalue weighted by molar-refractivity contribution is 6.04. The topological polar surface area (TPSA) is 85.2 Å². The van der Waals surface area contributed by atoms with Crippen LogP contribution in [0.1, 0.15) is 42.2 Å². The Labute approximate surface area is 181 Å². The van der Waals surface area contributed by atoms with E-state index in [1.807, 2.05) is 6.92 Å². The largest absolute Gasteiger partial charge is 0.493 e. The lowest BCUT2D eigenvalue weighted by molar-refractivity contribution is -0.118. The quantitative estimate of drug-likeness (QED) is 0.589. The fourth-order valence-electron chi connectivity index (χ4n) is 3.42. The highest BCUT2D eigenvalue weighted by atomic mass is 16.5. The standard InChI is InChI=1S/C23H28N4O4/c1-6-7-8-21(28)26(3)23-15(2)24-20-12-9-16(14-27(20)23)22(29)25-17-10-11-18(30-4)19(13-17)31-5/h9-14H,6-8H2,1-5H3,(H,25,29). The lowest BCUT2D eigenvalue weighted by Gasteiger charge is -2.18. The number of fused-ring (bicyclic) bond motifs is 1. The van der Waals surface area contributed by atoms with Crippen LogP contribution in [0.2, 0.25) is 0 Å². The molecule has 164 valence electrons. The number of benzene rings is 1. The third kappa shape index (κ3) is 4.63. The van der Waals surface area contributed by atoms with Gasteiger partial charge in [0.05, 0.1) is 25.5 Å². The van der Waals surface area contributed by atoms with Crippen molar-refractivity contribution >= 4 is 29.0 Å². The fourth-order valence-corrected chi connectivity index (χ4v) is 3.42. The number of amides is 2. The van der Waals surface area contributed by atoms with Crippen molar-refractivity contribution in [2.24, 2.45) is 0 Å². The van der Waals surface area contributed by atoms with E-state index in [9.17, 15) is 9.59 Å². The first-order valence-corrected chi connectivity index (χ1v) is 10.2. The van der Waals surface area contributed by atoms with E-state index in [1.54, 1.807) is 67.1 Å². The van der Waals surface area contributed by atoms with Crippen molar-refractivity contribution in [3.05, 3.63) is 47.8 Å². The summed E-state index contributed by atoms with van der Waals surface area (Å²) in [5.74, 6) is 1.50. The van der Waals surface area contributed by atoms with Gasteiger partial charge in [0.1, 0.15) is 11.5 Å². The Morgan fingerprint density at radius 2 is 1.87 bits per heavy atom. The summed E-state index contributed by atoms with van der Waals surface area (Å²) in [6.45, 7) is 3.91. The molecule has 0 unspecified atom stereocenters. The fraction of sp³-hybridized carbons (Fsp3) is 0.348. The average Bonchev–Trinajstić information content (AvgIpc) is 3.11. The van der Waals surface area contributed by atoms with Crippen LogP contribution in [0.5, 0.6) is 11.5 Å². The Kier molecular flexibility index (Phi) is 6.79. The summed E-state index contributed by atoms with van der Waals surface area (Å²) in [4.78, 5) is 31.6. The minimum atomic E-state index is -0.286. The van der Waals surface area contributed by atoms with Gasteiger partial charge >= 0.3 is 0 Å². The molecule has 0 radical (unpaired) electrons. The van der Waals surface area contributed by atoms with Crippen LogP contribution < -0.4 is 19.7 Å². The van der Waals surface area contributed by atoms with Crippen LogP contribution >= 0.6 is 0 Å². The van der Waals surface area contributed by atoms with E-state index in [4.69, 9.17) is 9.47 Å². The first-order valence-electron chi connectivity index (χ1n) is 10.2.